The fourth-order valence-electron chi connectivity index (χ4n) is 0.103. The first kappa shape index (κ1) is 9.40. The number of allylic oxidation sites excluding steroid dienone is 2. The monoisotopic (exact) mass is 366 g/mol. The van der Waals surface area contributed by atoms with Gasteiger partial charge in [0, 0.05) is 4.48 Å². The molecule has 0 saturated heterocycles. The Hall–Kier alpha value is 1.40. The average Bonchev–Trinajstić information content (AvgIpc) is 1.64. The molecule has 46 valence electrons. The molecule has 0 atom stereocenters. The second kappa shape index (κ2) is 4.25. The second-order valence-electron chi connectivity index (χ2n) is 0.979. The Morgan fingerprint density at radius 2 is 1.38 bits per heavy atom. The number of hydrogen-bond acceptors (Lipinski definition) is 0. The smallest absolute Gasteiger partial charge is 0.0757 e. The van der Waals surface area contributed by atoms with E-state index in [1.807, 2.05) is 0 Å². The van der Waals surface area contributed by atoms with Gasteiger partial charge in [-0.2, -0.15) is 0 Å². The molecule has 0 rings (SSSR count). The van der Waals surface area contributed by atoms with Gasteiger partial charge in [0.2, 0.25) is 0 Å². The van der Waals surface area contributed by atoms with Gasteiger partial charge in [-0.15, -0.1) is 0 Å². The predicted molar refractivity (Wildman–Crippen MR) is 51.9 cm³/mol. The minimum Gasteiger partial charge on any atom is -0.0835 e. The van der Waals surface area contributed by atoms with E-state index in [1.165, 1.54) is 0 Å². The molecule has 0 radical (unpaired) electrons. The number of rotatable bonds is 1. The summed E-state index contributed by atoms with van der Waals surface area (Å²) in [6, 6.07) is 0. The van der Waals surface area contributed by atoms with Crippen LogP contribution < -0.4 is 0 Å². The van der Waals surface area contributed by atoms with Crippen molar-refractivity contribution in [2.75, 3.05) is 0 Å². The highest BCUT2D eigenvalue weighted by Crippen LogP contribution is 2.31. The molecule has 0 amide bonds. The highest BCUT2D eigenvalue weighted by molar-refractivity contribution is 9.29. The minimum atomic E-state index is 0.807. The molecule has 4 heteroatoms. The van der Waals surface area contributed by atoms with Gasteiger partial charge in [-0.1, -0.05) is 22.5 Å². The van der Waals surface area contributed by atoms with Crippen molar-refractivity contribution < 1.29 is 0 Å². The summed E-state index contributed by atoms with van der Waals surface area (Å²) < 4.78 is 2.55. The van der Waals surface area contributed by atoms with Crippen LogP contribution in [0.15, 0.2) is 18.9 Å². The van der Waals surface area contributed by atoms with E-state index in [1.54, 1.807) is 0 Å². The molecule has 0 heterocycles. The summed E-state index contributed by atoms with van der Waals surface area (Å²) >= 11 is 12.8. The molecule has 8 heavy (non-hydrogen) atoms. The maximum absolute atomic E-state index is 3.63. The molecule has 0 fully saturated rings. The van der Waals surface area contributed by atoms with Crippen LogP contribution in [0.1, 0.15) is 0 Å². The van der Waals surface area contributed by atoms with Gasteiger partial charge in [0.15, 0.2) is 0 Å². The third kappa shape index (κ3) is 3.43. The predicted octanol–water partition coefficient (Wildman–Crippen LogP) is 4.25. The zero-order valence-electron chi connectivity index (χ0n) is 3.72. The van der Waals surface area contributed by atoms with E-state index in [9.17, 15) is 0 Å². The Labute approximate surface area is 81.9 Å². The average molecular weight is 370 g/mol. The van der Waals surface area contributed by atoms with Gasteiger partial charge in [0.1, 0.15) is 0 Å². The third-order valence-electron chi connectivity index (χ3n) is 0.404. The molecule has 0 aromatic rings. The molecular formula is C4H2Br4. The molecule has 0 unspecified atom stereocenters. The van der Waals surface area contributed by atoms with Gasteiger partial charge in [-0.3, -0.25) is 0 Å². The fourth-order valence-corrected chi connectivity index (χ4v) is 1.31. The first-order chi connectivity index (χ1) is 3.55. The molecule has 0 aromatic carbocycles. The number of hydrogen-bond donors (Lipinski definition) is 0. The quantitative estimate of drug-likeness (QED) is 0.606. The van der Waals surface area contributed by atoms with E-state index in [0.717, 1.165) is 12.4 Å². The molecule has 0 aliphatic heterocycles. The summed E-state index contributed by atoms with van der Waals surface area (Å²) in [5.74, 6) is 0. The highest BCUT2D eigenvalue weighted by Gasteiger charge is 1.96. The van der Waals surface area contributed by atoms with Crippen LogP contribution in [0.3, 0.4) is 0 Å². The fraction of sp³-hybridized carbons (Fsp3) is 0. The van der Waals surface area contributed by atoms with Gasteiger partial charge in [0.25, 0.3) is 0 Å². The van der Waals surface area contributed by atoms with Crippen molar-refractivity contribution in [2.45, 2.75) is 0 Å². The summed E-state index contributed by atoms with van der Waals surface area (Å²) in [6.45, 7) is 3.63. The SMILES string of the molecule is C=C(Br)C(Br)=C(Br)Br. The van der Waals surface area contributed by atoms with Crippen LogP contribution in [-0.4, -0.2) is 0 Å². The lowest BCUT2D eigenvalue weighted by atomic mass is 10.6. The molecular weight excluding hydrogens is 368 g/mol. The van der Waals surface area contributed by atoms with Crippen LogP contribution in [0.25, 0.3) is 0 Å². The second-order valence-corrected chi connectivity index (χ2v) is 5.38. The lowest BCUT2D eigenvalue weighted by molar-refractivity contribution is 2.00. The topological polar surface area (TPSA) is 0 Å². The molecule has 0 bridgehead atoms. The summed E-state index contributed by atoms with van der Waals surface area (Å²) in [5, 5.41) is 0. The van der Waals surface area contributed by atoms with Crippen LogP contribution >= 0.6 is 63.7 Å². The maximum Gasteiger partial charge on any atom is 0.0757 e. The Morgan fingerprint density at radius 3 is 1.38 bits per heavy atom. The Bertz CT molecular complexity index is 131. The van der Waals surface area contributed by atoms with E-state index in [4.69, 9.17) is 0 Å². The van der Waals surface area contributed by atoms with Crippen LogP contribution in [0.2, 0.25) is 0 Å². The van der Waals surface area contributed by atoms with Gasteiger partial charge >= 0.3 is 0 Å². The standard InChI is InChI=1S/C4H2Br4/c1-2(5)3(6)4(7)8/h1H2. The Morgan fingerprint density at radius 1 is 1.00 bits per heavy atom. The van der Waals surface area contributed by atoms with Crippen LogP contribution in [-0.2, 0) is 0 Å². The van der Waals surface area contributed by atoms with Gasteiger partial charge in [-0.25, -0.2) is 0 Å². The van der Waals surface area contributed by atoms with Gasteiger partial charge in [0.05, 0.1) is 7.87 Å². The van der Waals surface area contributed by atoms with Gasteiger partial charge < -0.3 is 0 Å². The molecule has 0 spiro atoms. The van der Waals surface area contributed by atoms with Crippen molar-refractivity contribution in [3.63, 3.8) is 0 Å². The van der Waals surface area contributed by atoms with Crippen LogP contribution in [0.4, 0.5) is 0 Å². The summed E-state index contributed by atoms with van der Waals surface area (Å²) in [6.07, 6.45) is 0. The van der Waals surface area contributed by atoms with Crippen molar-refractivity contribution in [3.05, 3.63) is 18.9 Å². The van der Waals surface area contributed by atoms with E-state index in [2.05, 4.69) is 70.3 Å². The molecule has 0 aliphatic rings. The minimum absolute atomic E-state index is 0.807. The van der Waals surface area contributed by atoms with Crippen molar-refractivity contribution >= 4 is 63.7 Å². The van der Waals surface area contributed by atoms with Crippen molar-refractivity contribution in [3.8, 4) is 0 Å². The first-order valence-electron chi connectivity index (χ1n) is 1.61. The lowest BCUT2D eigenvalue weighted by Gasteiger charge is -1.91. The normalized spacial score (nSPS) is 8.50. The summed E-state index contributed by atoms with van der Waals surface area (Å²) in [4.78, 5) is 0. The van der Waals surface area contributed by atoms with Crippen molar-refractivity contribution in [1.82, 2.24) is 0 Å². The zero-order valence-corrected chi connectivity index (χ0v) is 10.1. The van der Waals surface area contributed by atoms with Crippen molar-refractivity contribution in [1.29, 1.82) is 0 Å². The van der Waals surface area contributed by atoms with E-state index in [0.29, 0.717) is 0 Å². The van der Waals surface area contributed by atoms with Gasteiger partial charge in [-0.05, 0) is 47.8 Å². The largest absolute Gasteiger partial charge is 0.0835 e. The Kier molecular flexibility index (Phi) is 5.00. The Balaban J connectivity index is 4.23. The van der Waals surface area contributed by atoms with E-state index < -0.39 is 0 Å². The maximum atomic E-state index is 3.63. The van der Waals surface area contributed by atoms with Crippen LogP contribution in [0.5, 0.6) is 0 Å². The molecule has 0 nitrogen and oxygen atoms in total. The van der Waals surface area contributed by atoms with E-state index in [-0.39, 0.29) is 0 Å². The first-order valence-corrected chi connectivity index (χ1v) is 4.78. The highest BCUT2D eigenvalue weighted by atomic mass is 79.9. The molecule has 0 aliphatic carbocycles. The van der Waals surface area contributed by atoms with Crippen molar-refractivity contribution in [2.24, 2.45) is 0 Å². The zero-order chi connectivity index (χ0) is 6.73. The summed E-state index contributed by atoms with van der Waals surface area (Å²) in [5.41, 5.74) is 0. The lowest BCUT2D eigenvalue weighted by Crippen LogP contribution is -1.64. The molecule has 0 aromatic heterocycles. The summed E-state index contributed by atoms with van der Waals surface area (Å²) in [7, 11) is 0. The number of halogens is 4. The molecule has 0 saturated carbocycles. The van der Waals surface area contributed by atoms with Crippen LogP contribution in [0, 0.1) is 0 Å². The third-order valence-corrected chi connectivity index (χ3v) is 4.06. The van der Waals surface area contributed by atoms with E-state index >= 15 is 0 Å². The molecule has 0 N–H and O–H groups in total.